The number of nitrogens with zero attached hydrogens (tertiary/aromatic N) is 4. The van der Waals surface area contributed by atoms with Crippen LogP contribution in [0.1, 0.15) is 0 Å². The summed E-state index contributed by atoms with van der Waals surface area (Å²) < 4.78 is 2.41. The molecular weight excluding hydrogens is 645 g/mol. The molecule has 0 amide bonds. The third-order valence-electron chi connectivity index (χ3n) is 10.1. The molecule has 0 aliphatic rings. The van der Waals surface area contributed by atoms with Gasteiger partial charge < -0.3 is 4.57 Å². The zero-order valence-electron chi connectivity index (χ0n) is 28.8. The van der Waals surface area contributed by atoms with Gasteiger partial charge in [0.25, 0.3) is 0 Å². The van der Waals surface area contributed by atoms with Crippen LogP contribution in [0.4, 0.5) is 0 Å². The predicted octanol–water partition coefficient (Wildman–Crippen LogP) is 12.5. The second kappa shape index (κ2) is 12.9. The third-order valence-corrected chi connectivity index (χ3v) is 10.1. The van der Waals surface area contributed by atoms with E-state index in [9.17, 15) is 0 Å². The molecule has 0 radical (unpaired) electrons. The highest BCUT2D eigenvalue weighted by Gasteiger charge is 2.17. The van der Waals surface area contributed by atoms with Crippen molar-refractivity contribution in [3.8, 4) is 62.1 Å². The number of hydrogen-bond acceptors (Lipinski definition) is 3. The van der Waals surface area contributed by atoms with Crippen molar-refractivity contribution in [3.05, 3.63) is 194 Å². The van der Waals surface area contributed by atoms with Crippen LogP contribution < -0.4 is 0 Å². The number of aromatic nitrogens is 4. The SMILES string of the molecule is c1ccc(-c2ccc3c4c5ccccc5ccc4n(-c4ccc(-c5ccc(-c6nc(-c7ccccc7)nc(-c7ccccc7)n6)cc5)cc4)c3c2)cc1. The van der Waals surface area contributed by atoms with E-state index < -0.39 is 0 Å². The Labute approximate surface area is 307 Å². The summed E-state index contributed by atoms with van der Waals surface area (Å²) in [4.78, 5) is 14.7. The van der Waals surface area contributed by atoms with Gasteiger partial charge in [-0.05, 0) is 57.3 Å². The molecule has 53 heavy (non-hydrogen) atoms. The molecule has 0 saturated heterocycles. The van der Waals surface area contributed by atoms with Crippen LogP contribution in [0.15, 0.2) is 194 Å². The third kappa shape index (κ3) is 5.54. The summed E-state index contributed by atoms with van der Waals surface area (Å²) in [5, 5.41) is 5.04. The van der Waals surface area contributed by atoms with E-state index in [0.29, 0.717) is 17.5 Å². The van der Waals surface area contributed by atoms with Crippen molar-refractivity contribution in [1.82, 2.24) is 19.5 Å². The summed E-state index contributed by atoms with van der Waals surface area (Å²) in [6.45, 7) is 0. The molecule has 0 aliphatic heterocycles. The normalized spacial score (nSPS) is 11.4. The number of fused-ring (bicyclic) bond motifs is 5. The maximum absolute atomic E-state index is 4.91. The fourth-order valence-corrected chi connectivity index (χ4v) is 7.43. The minimum absolute atomic E-state index is 0.647. The molecule has 0 bridgehead atoms. The van der Waals surface area contributed by atoms with Gasteiger partial charge in [-0.15, -0.1) is 0 Å². The Morgan fingerprint density at radius 2 is 0.755 bits per heavy atom. The molecule has 248 valence electrons. The fourth-order valence-electron chi connectivity index (χ4n) is 7.43. The van der Waals surface area contributed by atoms with Gasteiger partial charge in [0, 0.05) is 33.2 Å². The van der Waals surface area contributed by atoms with Crippen LogP contribution in [0.25, 0.3) is 94.7 Å². The van der Waals surface area contributed by atoms with E-state index in [1.54, 1.807) is 0 Å². The average molecular weight is 677 g/mol. The van der Waals surface area contributed by atoms with E-state index in [1.807, 2.05) is 60.7 Å². The Bertz CT molecular complexity index is 2840. The van der Waals surface area contributed by atoms with Gasteiger partial charge in [-0.3, -0.25) is 0 Å². The quantitative estimate of drug-likeness (QED) is 0.176. The van der Waals surface area contributed by atoms with Crippen LogP contribution in [0, 0.1) is 0 Å². The second-order valence-corrected chi connectivity index (χ2v) is 13.3. The van der Waals surface area contributed by atoms with Gasteiger partial charge in [-0.1, -0.05) is 170 Å². The molecule has 0 unspecified atom stereocenters. The fraction of sp³-hybridized carbons (Fsp3) is 0. The first kappa shape index (κ1) is 30.6. The molecule has 0 spiro atoms. The summed E-state index contributed by atoms with van der Waals surface area (Å²) in [7, 11) is 0. The van der Waals surface area contributed by atoms with Gasteiger partial charge in [0.05, 0.1) is 11.0 Å². The lowest BCUT2D eigenvalue weighted by Gasteiger charge is -2.11. The van der Waals surface area contributed by atoms with Crippen molar-refractivity contribution in [2.75, 3.05) is 0 Å². The highest BCUT2D eigenvalue weighted by atomic mass is 15.0. The van der Waals surface area contributed by atoms with Crippen molar-refractivity contribution >= 4 is 32.6 Å². The van der Waals surface area contributed by atoms with Gasteiger partial charge in [0.2, 0.25) is 0 Å². The molecule has 10 aromatic rings. The molecule has 0 N–H and O–H groups in total. The van der Waals surface area contributed by atoms with Crippen LogP contribution in [0.5, 0.6) is 0 Å². The molecule has 8 aromatic carbocycles. The number of rotatable bonds is 6. The predicted molar refractivity (Wildman–Crippen MR) is 219 cm³/mol. The highest BCUT2D eigenvalue weighted by molar-refractivity contribution is 6.21. The van der Waals surface area contributed by atoms with Gasteiger partial charge in [-0.25, -0.2) is 15.0 Å². The van der Waals surface area contributed by atoms with E-state index in [2.05, 4.69) is 138 Å². The van der Waals surface area contributed by atoms with Gasteiger partial charge in [0.1, 0.15) is 0 Å². The Morgan fingerprint density at radius 3 is 1.36 bits per heavy atom. The van der Waals surface area contributed by atoms with Crippen LogP contribution in [0.2, 0.25) is 0 Å². The standard InChI is InChI=1S/C49H32N4/c1-4-12-33(13-5-1)40-26-30-43-45(32-40)53(44-31-27-36-14-10-11-19-42(36)46(43)44)41-28-24-35(25-29-41)34-20-22-39(23-21-34)49-51-47(37-15-6-2-7-16-37)50-48(52-49)38-17-8-3-9-18-38/h1-32H. The summed E-state index contributed by atoms with van der Waals surface area (Å²) >= 11 is 0. The lowest BCUT2D eigenvalue weighted by Crippen LogP contribution is -2.00. The number of benzene rings is 8. The Hall–Kier alpha value is -7.17. The zero-order valence-corrected chi connectivity index (χ0v) is 28.8. The number of hydrogen-bond donors (Lipinski definition) is 0. The molecule has 0 atom stereocenters. The molecule has 4 heteroatoms. The first-order chi connectivity index (χ1) is 26.3. The zero-order chi connectivity index (χ0) is 35.1. The molecule has 10 rings (SSSR count). The van der Waals surface area contributed by atoms with E-state index >= 15 is 0 Å². The lowest BCUT2D eigenvalue weighted by atomic mass is 10.0. The Morgan fingerprint density at radius 1 is 0.302 bits per heavy atom. The molecule has 0 aliphatic carbocycles. The molecular formula is C49H32N4. The van der Waals surface area contributed by atoms with Crippen molar-refractivity contribution in [3.63, 3.8) is 0 Å². The van der Waals surface area contributed by atoms with Gasteiger partial charge in [-0.2, -0.15) is 0 Å². The first-order valence-electron chi connectivity index (χ1n) is 17.9. The van der Waals surface area contributed by atoms with Gasteiger partial charge >= 0.3 is 0 Å². The van der Waals surface area contributed by atoms with Crippen molar-refractivity contribution < 1.29 is 0 Å². The maximum atomic E-state index is 4.91. The summed E-state index contributed by atoms with van der Waals surface area (Å²) in [6.07, 6.45) is 0. The van der Waals surface area contributed by atoms with Crippen LogP contribution in [-0.2, 0) is 0 Å². The van der Waals surface area contributed by atoms with E-state index in [-0.39, 0.29) is 0 Å². The smallest absolute Gasteiger partial charge is 0.164 e. The van der Waals surface area contributed by atoms with E-state index in [4.69, 9.17) is 15.0 Å². The van der Waals surface area contributed by atoms with E-state index in [1.165, 1.54) is 43.7 Å². The molecule has 0 fully saturated rings. The Balaban J connectivity index is 1.04. The van der Waals surface area contributed by atoms with Crippen LogP contribution >= 0.6 is 0 Å². The summed E-state index contributed by atoms with van der Waals surface area (Å²) in [5.41, 5.74) is 11.0. The summed E-state index contributed by atoms with van der Waals surface area (Å²) in [5.74, 6) is 1.96. The highest BCUT2D eigenvalue weighted by Crippen LogP contribution is 2.39. The average Bonchev–Trinajstić information content (AvgIpc) is 3.59. The van der Waals surface area contributed by atoms with Crippen LogP contribution in [-0.4, -0.2) is 19.5 Å². The summed E-state index contributed by atoms with van der Waals surface area (Å²) in [6, 6.07) is 68.2. The van der Waals surface area contributed by atoms with Crippen molar-refractivity contribution in [2.45, 2.75) is 0 Å². The van der Waals surface area contributed by atoms with E-state index in [0.717, 1.165) is 33.5 Å². The molecule has 2 heterocycles. The minimum atomic E-state index is 0.647. The monoisotopic (exact) mass is 676 g/mol. The lowest BCUT2D eigenvalue weighted by molar-refractivity contribution is 1.07. The minimum Gasteiger partial charge on any atom is -0.309 e. The van der Waals surface area contributed by atoms with Gasteiger partial charge in [0.15, 0.2) is 17.5 Å². The molecule has 2 aromatic heterocycles. The molecule has 0 saturated carbocycles. The largest absolute Gasteiger partial charge is 0.309 e. The van der Waals surface area contributed by atoms with Crippen molar-refractivity contribution in [2.24, 2.45) is 0 Å². The van der Waals surface area contributed by atoms with Crippen molar-refractivity contribution in [1.29, 1.82) is 0 Å². The maximum Gasteiger partial charge on any atom is 0.164 e. The van der Waals surface area contributed by atoms with Crippen LogP contribution in [0.3, 0.4) is 0 Å². The molecule has 4 nitrogen and oxygen atoms in total. The topological polar surface area (TPSA) is 43.6 Å². The first-order valence-corrected chi connectivity index (χ1v) is 17.9. The second-order valence-electron chi connectivity index (χ2n) is 13.3. The Kier molecular flexibility index (Phi) is 7.43.